The third kappa shape index (κ3) is 1.23. The van der Waals surface area contributed by atoms with E-state index in [1.54, 1.807) is 0 Å². The molecule has 0 radical (unpaired) electrons. The zero-order chi connectivity index (χ0) is 11.9. The quantitative estimate of drug-likeness (QED) is 0.595. The summed E-state index contributed by atoms with van der Waals surface area (Å²) in [6, 6.07) is 8.19. The number of fused-ring (bicyclic) bond motifs is 5. The fourth-order valence-corrected chi connectivity index (χ4v) is 2.45. The minimum atomic E-state index is 0.761. The molecule has 4 rings (SSSR count). The third-order valence-electron chi connectivity index (χ3n) is 3.26. The Morgan fingerprint density at radius 1 is 1.22 bits per heavy atom. The van der Waals surface area contributed by atoms with Crippen LogP contribution in [0, 0.1) is 11.8 Å². The molecule has 2 heterocycles. The fourth-order valence-electron chi connectivity index (χ4n) is 2.45. The predicted molar refractivity (Wildman–Crippen MR) is 72.2 cm³/mol. The molecule has 1 N–H and O–H groups in total. The molecule has 0 saturated carbocycles. The lowest BCUT2D eigenvalue weighted by atomic mass is 10.2. The van der Waals surface area contributed by atoms with Gasteiger partial charge in [-0.3, -0.25) is 4.40 Å². The molecule has 2 aromatic heterocycles. The number of aromatic amines is 1. The summed E-state index contributed by atoms with van der Waals surface area (Å²) < 4.78 is 2.17. The minimum absolute atomic E-state index is 0.761. The molecule has 3 heteroatoms. The topological polar surface area (TPSA) is 33.1 Å². The molecule has 0 amide bonds. The van der Waals surface area contributed by atoms with Gasteiger partial charge < -0.3 is 4.98 Å². The number of allylic oxidation sites excluding steroid dienone is 1. The molecule has 0 aliphatic heterocycles. The summed E-state index contributed by atoms with van der Waals surface area (Å²) in [6.07, 6.45) is 5.82. The number of hydrogen-bond acceptors (Lipinski definition) is 1. The van der Waals surface area contributed by atoms with Gasteiger partial charge in [-0.05, 0) is 18.2 Å². The largest absolute Gasteiger partial charge is 0.326 e. The lowest BCUT2D eigenvalue weighted by Crippen LogP contribution is -1.91. The van der Waals surface area contributed by atoms with Gasteiger partial charge in [0.15, 0.2) is 0 Å². The summed E-state index contributed by atoms with van der Waals surface area (Å²) in [7, 11) is 0. The first kappa shape index (κ1) is 9.55. The van der Waals surface area contributed by atoms with Crippen LogP contribution in [0.5, 0.6) is 0 Å². The molecule has 0 fully saturated rings. The van der Waals surface area contributed by atoms with E-state index in [9.17, 15) is 0 Å². The smallest absolute Gasteiger partial charge is 0.213 e. The highest BCUT2D eigenvalue weighted by molar-refractivity contribution is 5.81. The van der Waals surface area contributed by atoms with Crippen molar-refractivity contribution in [1.29, 1.82) is 0 Å². The number of H-pyrrole nitrogens is 1. The van der Waals surface area contributed by atoms with E-state index in [0.717, 1.165) is 35.3 Å². The third-order valence-corrected chi connectivity index (χ3v) is 3.26. The van der Waals surface area contributed by atoms with Gasteiger partial charge in [-0.15, -0.1) is 0 Å². The molecule has 0 saturated heterocycles. The molecular formula is C15H11N3. The number of rotatable bonds is 0. The number of nitrogens with zero attached hydrogens (tertiary/aromatic N) is 2. The highest BCUT2D eigenvalue weighted by Gasteiger charge is 2.13. The maximum Gasteiger partial charge on any atom is 0.213 e. The first-order chi connectivity index (χ1) is 8.93. The van der Waals surface area contributed by atoms with E-state index in [0.29, 0.717) is 0 Å². The van der Waals surface area contributed by atoms with Crippen molar-refractivity contribution >= 4 is 22.9 Å². The van der Waals surface area contributed by atoms with Crippen molar-refractivity contribution in [3.05, 3.63) is 41.7 Å². The minimum Gasteiger partial charge on any atom is -0.326 e. The second-order valence-electron chi connectivity index (χ2n) is 4.39. The highest BCUT2D eigenvalue weighted by atomic mass is 15.1. The SMILES string of the molecule is C1#CCc2[nH]c3nc4ccccc4n3c2/C=C\C1. The van der Waals surface area contributed by atoms with Gasteiger partial charge in [0.2, 0.25) is 5.78 Å². The predicted octanol–water partition coefficient (Wildman–Crippen LogP) is 2.78. The molecule has 1 aliphatic carbocycles. The Kier molecular flexibility index (Phi) is 1.86. The number of hydrogen-bond donors (Lipinski definition) is 1. The first-order valence-corrected chi connectivity index (χ1v) is 6.04. The van der Waals surface area contributed by atoms with E-state index in [-0.39, 0.29) is 0 Å². The van der Waals surface area contributed by atoms with Crippen LogP contribution in [0.4, 0.5) is 0 Å². The van der Waals surface area contributed by atoms with Crippen LogP contribution in [0.3, 0.4) is 0 Å². The monoisotopic (exact) mass is 233 g/mol. The van der Waals surface area contributed by atoms with Gasteiger partial charge in [0.05, 0.1) is 28.8 Å². The summed E-state index contributed by atoms with van der Waals surface area (Å²) in [5, 5.41) is 0. The second-order valence-corrected chi connectivity index (χ2v) is 4.39. The van der Waals surface area contributed by atoms with E-state index < -0.39 is 0 Å². The normalized spacial score (nSPS) is 15.8. The average molecular weight is 233 g/mol. The second kappa shape index (κ2) is 3.51. The number of imidazole rings is 2. The average Bonchev–Trinajstić information content (AvgIpc) is 2.85. The van der Waals surface area contributed by atoms with E-state index in [2.05, 4.69) is 44.4 Å². The van der Waals surface area contributed by atoms with Crippen molar-refractivity contribution in [3.8, 4) is 11.8 Å². The summed E-state index contributed by atoms with van der Waals surface area (Å²) >= 11 is 0. The van der Waals surface area contributed by atoms with Crippen LogP contribution in [-0.4, -0.2) is 14.4 Å². The van der Waals surface area contributed by atoms with E-state index in [1.165, 1.54) is 5.69 Å². The van der Waals surface area contributed by atoms with Gasteiger partial charge in [0.1, 0.15) is 0 Å². The van der Waals surface area contributed by atoms with E-state index in [1.807, 2.05) is 18.2 Å². The zero-order valence-corrected chi connectivity index (χ0v) is 9.77. The Labute approximate surface area is 104 Å². The van der Waals surface area contributed by atoms with Crippen molar-refractivity contribution in [2.75, 3.05) is 0 Å². The summed E-state index contributed by atoms with van der Waals surface area (Å²) in [5.41, 5.74) is 4.48. The Bertz CT molecular complexity index is 837. The molecule has 0 atom stereocenters. The van der Waals surface area contributed by atoms with Crippen molar-refractivity contribution in [1.82, 2.24) is 14.4 Å². The van der Waals surface area contributed by atoms with Gasteiger partial charge >= 0.3 is 0 Å². The highest BCUT2D eigenvalue weighted by Crippen LogP contribution is 2.22. The lowest BCUT2D eigenvalue weighted by molar-refractivity contribution is 1.16. The molecule has 3 aromatic rings. The molecule has 1 aliphatic rings. The number of nitrogens with one attached hydrogen (secondary N) is 1. The number of para-hydroxylation sites is 2. The van der Waals surface area contributed by atoms with Crippen LogP contribution < -0.4 is 0 Å². The maximum atomic E-state index is 4.61. The van der Waals surface area contributed by atoms with E-state index >= 15 is 0 Å². The lowest BCUT2D eigenvalue weighted by Gasteiger charge is -1.99. The summed E-state index contributed by atoms with van der Waals surface area (Å²) in [6.45, 7) is 0. The Balaban J connectivity index is 2.14. The molecule has 0 unspecified atom stereocenters. The van der Waals surface area contributed by atoms with E-state index in [4.69, 9.17) is 0 Å². The van der Waals surface area contributed by atoms with Crippen molar-refractivity contribution in [2.45, 2.75) is 12.8 Å². The molecule has 3 nitrogen and oxygen atoms in total. The number of benzene rings is 1. The van der Waals surface area contributed by atoms with Crippen LogP contribution in [0.1, 0.15) is 17.8 Å². The van der Waals surface area contributed by atoms with Gasteiger partial charge in [0, 0.05) is 6.42 Å². The van der Waals surface area contributed by atoms with Crippen molar-refractivity contribution in [2.24, 2.45) is 0 Å². The Morgan fingerprint density at radius 3 is 3.17 bits per heavy atom. The summed E-state index contributed by atoms with van der Waals surface area (Å²) in [5.74, 6) is 7.18. The van der Waals surface area contributed by atoms with Gasteiger partial charge in [-0.25, -0.2) is 4.98 Å². The molecule has 0 spiro atoms. The van der Waals surface area contributed by atoms with Gasteiger partial charge in [-0.1, -0.05) is 30.0 Å². The zero-order valence-electron chi connectivity index (χ0n) is 9.77. The van der Waals surface area contributed by atoms with Crippen molar-refractivity contribution < 1.29 is 0 Å². The van der Waals surface area contributed by atoms with Crippen LogP contribution in [0.15, 0.2) is 30.3 Å². The first-order valence-electron chi connectivity index (χ1n) is 6.04. The fraction of sp³-hybridized carbons (Fsp3) is 0.133. The van der Waals surface area contributed by atoms with Crippen LogP contribution in [-0.2, 0) is 6.42 Å². The maximum absolute atomic E-state index is 4.61. The van der Waals surface area contributed by atoms with Crippen LogP contribution >= 0.6 is 0 Å². The standard InChI is InChI=1S/C15H11N3/c1-2-4-9-13-11(7-3-1)16-15-17-12-8-5-6-10-14(12)18(13)15/h4-6,8-10H,2,7H2,(H,16,17)/b9-4-. The Morgan fingerprint density at radius 2 is 2.17 bits per heavy atom. The van der Waals surface area contributed by atoms with Crippen LogP contribution in [0.25, 0.3) is 22.9 Å². The van der Waals surface area contributed by atoms with Crippen molar-refractivity contribution in [3.63, 3.8) is 0 Å². The van der Waals surface area contributed by atoms with Crippen LogP contribution in [0.2, 0.25) is 0 Å². The van der Waals surface area contributed by atoms with Gasteiger partial charge in [0.25, 0.3) is 0 Å². The number of aromatic nitrogens is 3. The molecule has 1 aromatic carbocycles. The van der Waals surface area contributed by atoms with Gasteiger partial charge in [-0.2, -0.15) is 0 Å². The molecule has 86 valence electrons. The molecule has 0 bridgehead atoms. The molecular weight excluding hydrogens is 222 g/mol. The summed E-state index contributed by atoms with van der Waals surface area (Å²) in [4.78, 5) is 7.98. The Hall–Kier alpha value is -2.47. The molecule has 18 heavy (non-hydrogen) atoms.